The molecular formula is C12H13N3O. The van der Waals surface area contributed by atoms with Gasteiger partial charge in [0.05, 0.1) is 5.52 Å². The predicted molar refractivity (Wildman–Crippen MR) is 63.2 cm³/mol. The van der Waals surface area contributed by atoms with E-state index in [4.69, 9.17) is 5.73 Å². The van der Waals surface area contributed by atoms with Crippen molar-refractivity contribution in [2.75, 3.05) is 12.3 Å². The van der Waals surface area contributed by atoms with Crippen LogP contribution in [0.1, 0.15) is 11.3 Å². The number of benzene rings is 1. The van der Waals surface area contributed by atoms with Crippen LogP contribution < -0.4 is 11.1 Å². The maximum Gasteiger partial charge on any atom is 0.116 e. The zero-order valence-electron chi connectivity index (χ0n) is 8.83. The summed E-state index contributed by atoms with van der Waals surface area (Å²) in [6, 6.07) is 5.12. The summed E-state index contributed by atoms with van der Waals surface area (Å²) < 4.78 is 0. The highest BCUT2D eigenvalue weighted by molar-refractivity contribution is 5.93. The summed E-state index contributed by atoms with van der Waals surface area (Å²) in [6.07, 6.45) is 0.913. The van der Waals surface area contributed by atoms with Crippen molar-refractivity contribution in [3.05, 3.63) is 29.5 Å². The highest BCUT2D eigenvalue weighted by Gasteiger charge is 2.15. The van der Waals surface area contributed by atoms with Crippen LogP contribution in [0.3, 0.4) is 0 Å². The third kappa shape index (κ3) is 1.31. The number of hydrogen-bond donors (Lipinski definition) is 3. The summed E-state index contributed by atoms with van der Waals surface area (Å²) in [5.74, 6) is 0.227. The van der Waals surface area contributed by atoms with Crippen molar-refractivity contribution in [3.8, 4) is 5.75 Å². The number of phenols is 1. The smallest absolute Gasteiger partial charge is 0.116 e. The molecule has 0 fully saturated rings. The van der Waals surface area contributed by atoms with Gasteiger partial charge in [-0.1, -0.05) is 0 Å². The minimum atomic E-state index is 0.227. The van der Waals surface area contributed by atoms with E-state index in [0.717, 1.165) is 47.4 Å². The molecule has 0 atom stereocenters. The standard InChI is InChI=1S/C12H13N3O/c13-12-8-5-7(16)1-2-10(8)15-11-3-4-14-6-9(11)12/h1-2,5,14,16H,3-4,6H2,(H2,13,15). The largest absolute Gasteiger partial charge is 0.508 e. The van der Waals surface area contributed by atoms with E-state index in [0.29, 0.717) is 0 Å². The van der Waals surface area contributed by atoms with Crippen LogP contribution in [-0.4, -0.2) is 16.6 Å². The Balaban J connectivity index is 2.35. The first-order chi connectivity index (χ1) is 7.75. The second kappa shape index (κ2) is 3.35. The maximum atomic E-state index is 9.46. The molecule has 0 spiro atoms. The molecule has 2 aromatic rings. The van der Waals surface area contributed by atoms with Gasteiger partial charge in [0, 0.05) is 41.8 Å². The topological polar surface area (TPSA) is 71.2 Å². The van der Waals surface area contributed by atoms with Crippen LogP contribution in [0.4, 0.5) is 5.69 Å². The molecule has 0 saturated heterocycles. The number of aromatic nitrogens is 1. The second-order valence-corrected chi connectivity index (χ2v) is 4.08. The SMILES string of the molecule is Nc1c2c(nc3ccc(O)cc13)CCNC2. The van der Waals surface area contributed by atoms with E-state index in [1.165, 1.54) is 0 Å². The molecule has 4 heteroatoms. The Morgan fingerprint density at radius 1 is 1.38 bits per heavy atom. The second-order valence-electron chi connectivity index (χ2n) is 4.08. The lowest BCUT2D eigenvalue weighted by Crippen LogP contribution is -2.25. The average molecular weight is 215 g/mol. The molecule has 4 nitrogen and oxygen atoms in total. The monoisotopic (exact) mass is 215 g/mol. The summed E-state index contributed by atoms with van der Waals surface area (Å²) in [4.78, 5) is 4.59. The molecule has 1 aromatic heterocycles. The van der Waals surface area contributed by atoms with Crippen molar-refractivity contribution in [1.82, 2.24) is 10.3 Å². The Morgan fingerprint density at radius 3 is 3.12 bits per heavy atom. The van der Waals surface area contributed by atoms with Crippen LogP contribution in [0.5, 0.6) is 5.75 Å². The number of rotatable bonds is 0. The van der Waals surface area contributed by atoms with Gasteiger partial charge >= 0.3 is 0 Å². The summed E-state index contributed by atoms with van der Waals surface area (Å²) >= 11 is 0. The number of phenolic OH excluding ortho intramolecular Hbond substituents is 1. The van der Waals surface area contributed by atoms with Crippen LogP contribution in [0.15, 0.2) is 18.2 Å². The molecule has 0 amide bonds. The number of aromatic hydroxyl groups is 1. The summed E-state index contributed by atoms with van der Waals surface area (Å²) in [6.45, 7) is 1.71. The minimum Gasteiger partial charge on any atom is -0.508 e. The number of hydrogen-bond acceptors (Lipinski definition) is 4. The maximum absolute atomic E-state index is 9.46. The molecule has 16 heavy (non-hydrogen) atoms. The van der Waals surface area contributed by atoms with Crippen LogP contribution in [-0.2, 0) is 13.0 Å². The third-order valence-electron chi connectivity index (χ3n) is 3.04. The zero-order valence-corrected chi connectivity index (χ0v) is 8.83. The number of fused-ring (bicyclic) bond motifs is 2. The van der Waals surface area contributed by atoms with E-state index in [-0.39, 0.29) is 5.75 Å². The van der Waals surface area contributed by atoms with Crippen molar-refractivity contribution >= 4 is 16.6 Å². The summed E-state index contributed by atoms with van der Waals surface area (Å²) in [5, 5.41) is 13.6. The van der Waals surface area contributed by atoms with Crippen LogP contribution in [0.2, 0.25) is 0 Å². The van der Waals surface area contributed by atoms with Gasteiger partial charge in [0.15, 0.2) is 0 Å². The van der Waals surface area contributed by atoms with Gasteiger partial charge in [-0.05, 0) is 18.2 Å². The Hall–Kier alpha value is -1.81. The van der Waals surface area contributed by atoms with Gasteiger partial charge in [-0.15, -0.1) is 0 Å². The fraction of sp³-hybridized carbons (Fsp3) is 0.250. The van der Waals surface area contributed by atoms with E-state index >= 15 is 0 Å². The van der Waals surface area contributed by atoms with Gasteiger partial charge in [-0.3, -0.25) is 4.98 Å². The molecule has 4 N–H and O–H groups in total. The lowest BCUT2D eigenvalue weighted by atomic mass is 10.0. The van der Waals surface area contributed by atoms with E-state index in [2.05, 4.69) is 10.3 Å². The average Bonchev–Trinajstić information content (AvgIpc) is 2.31. The van der Waals surface area contributed by atoms with Gasteiger partial charge in [-0.25, -0.2) is 0 Å². The molecule has 0 radical (unpaired) electrons. The molecule has 2 heterocycles. The van der Waals surface area contributed by atoms with Gasteiger partial charge in [0.1, 0.15) is 5.75 Å². The molecule has 82 valence electrons. The molecule has 1 aliphatic heterocycles. The Morgan fingerprint density at radius 2 is 2.25 bits per heavy atom. The number of anilines is 1. The first-order valence-corrected chi connectivity index (χ1v) is 5.36. The third-order valence-corrected chi connectivity index (χ3v) is 3.04. The number of nitrogens with one attached hydrogen (secondary N) is 1. The number of nitrogen functional groups attached to an aromatic ring is 1. The Labute approximate surface area is 93.1 Å². The quantitative estimate of drug-likeness (QED) is 0.617. The molecule has 1 aromatic carbocycles. The van der Waals surface area contributed by atoms with Crippen molar-refractivity contribution in [3.63, 3.8) is 0 Å². The van der Waals surface area contributed by atoms with Gasteiger partial charge in [0.25, 0.3) is 0 Å². The normalized spacial score (nSPS) is 15.0. The lowest BCUT2D eigenvalue weighted by Gasteiger charge is -2.19. The van der Waals surface area contributed by atoms with Crippen molar-refractivity contribution < 1.29 is 5.11 Å². The summed E-state index contributed by atoms with van der Waals surface area (Å²) in [5.41, 5.74) is 9.87. The molecule has 0 aliphatic carbocycles. The van der Waals surface area contributed by atoms with Crippen molar-refractivity contribution in [2.24, 2.45) is 0 Å². The lowest BCUT2D eigenvalue weighted by molar-refractivity contribution is 0.476. The van der Waals surface area contributed by atoms with E-state index < -0.39 is 0 Å². The van der Waals surface area contributed by atoms with Crippen LogP contribution >= 0.6 is 0 Å². The minimum absolute atomic E-state index is 0.227. The zero-order chi connectivity index (χ0) is 11.1. The molecule has 0 bridgehead atoms. The van der Waals surface area contributed by atoms with E-state index in [9.17, 15) is 5.11 Å². The molecule has 0 unspecified atom stereocenters. The molecule has 1 aliphatic rings. The molecule has 3 rings (SSSR count). The van der Waals surface area contributed by atoms with E-state index in [1.807, 2.05) is 6.07 Å². The van der Waals surface area contributed by atoms with Crippen molar-refractivity contribution in [2.45, 2.75) is 13.0 Å². The van der Waals surface area contributed by atoms with E-state index in [1.54, 1.807) is 12.1 Å². The number of nitrogens with zero attached hydrogens (tertiary/aromatic N) is 1. The first kappa shape index (κ1) is 9.42. The fourth-order valence-electron chi connectivity index (χ4n) is 2.19. The van der Waals surface area contributed by atoms with Gasteiger partial charge < -0.3 is 16.2 Å². The van der Waals surface area contributed by atoms with Crippen molar-refractivity contribution in [1.29, 1.82) is 0 Å². The van der Waals surface area contributed by atoms with Crippen LogP contribution in [0, 0.1) is 0 Å². The van der Waals surface area contributed by atoms with Gasteiger partial charge in [0.2, 0.25) is 0 Å². The molecule has 0 saturated carbocycles. The first-order valence-electron chi connectivity index (χ1n) is 5.36. The highest BCUT2D eigenvalue weighted by Crippen LogP contribution is 2.29. The predicted octanol–water partition coefficient (Wildman–Crippen LogP) is 1.17. The fourth-order valence-corrected chi connectivity index (χ4v) is 2.19. The number of pyridine rings is 1. The van der Waals surface area contributed by atoms with Gasteiger partial charge in [-0.2, -0.15) is 0 Å². The highest BCUT2D eigenvalue weighted by atomic mass is 16.3. The van der Waals surface area contributed by atoms with Crippen LogP contribution in [0.25, 0.3) is 10.9 Å². The Bertz CT molecular complexity index is 566. The summed E-state index contributed by atoms with van der Waals surface area (Å²) in [7, 11) is 0. The molecular weight excluding hydrogens is 202 g/mol. The Kier molecular flexibility index (Phi) is 1.97. The number of nitrogens with two attached hydrogens (primary N) is 1.